The first-order chi connectivity index (χ1) is 9.94. The van der Waals surface area contributed by atoms with Crippen molar-refractivity contribution in [1.82, 2.24) is 9.97 Å². The summed E-state index contributed by atoms with van der Waals surface area (Å²) in [6.45, 7) is 5.92. The number of aryl methyl sites for hydroxylation is 3. The predicted molar refractivity (Wildman–Crippen MR) is 88.2 cm³/mol. The molecule has 3 rings (SSSR count). The van der Waals surface area contributed by atoms with Gasteiger partial charge in [-0.2, -0.15) is 4.98 Å². The molecule has 3 aromatic rings. The molecule has 0 aliphatic heterocycles. The van der Waals surface area contributed by atoms with Crippen molar-refractivity contribution >= 4 is 44.8 Å². The molecule has 0 N–H and O–H groups in total. The van der Waals surface area contributed by atoms with Gasteiger partial charge in [0.15, 0.2) is 0 Å². The minimum absolute atomic E-state index is 0.184. The summed E-state index contributed by atoms with van der Waals surface area (Å²) in [5.74, 6) is 1.22. The Bertz CT molecular complexity index is 822. The molecule has 0 aliphatic rings. The largest absolute Gasteiger partial charge is 0.438 e. The van der Waals surface area contributed by atoms with Gasteiger partial charge in [0, 0.05) is 9.90 Å². The zero-order valence-electron chi connectivity index (χ0n) is 11.7. The zero-order chi connectivity index (χ0) is 15.1. The normalized spacial score (nSPS) is 11.1. The van der Waals surface area contributed by atoms with Crippen molar-refractivity contribution in [3.8, 4) is 11.6 Å². The van der Waals surface area contributed by atoms with E-state index in [0.29, 0.717) is 10.9 Å². The Labute approximate surface area is 136 Å². The second kappa shape index (κ2) is 5.44. The highest BCUT2D eigenvalue weighted by Gasteiger charge is 2.14. The van der Waals surface area contributed by atoms with E-state index in [9.17, 15) is 0 Å². The highest BCUT2D eigenvalue weighted by Crippen LogP contribution is 2.36. The number of halogens is 2. The number of fused-ring (bicyclic) bond motifs is 1. The number of thiophene rings is 1. The van der Waals surface area contributed by atoms with Gasteiger partial charge in [0.2, 0.25) is 11.2 Å². The lowest BCUT2D eigenvalue weighted by Gasteiger charge is -2.12. The van der Waals surface area contributed by atoms with Gasteiger partial charge in [0.25, 0.3) is 0 Å². The fraction of sp³-hybridized carbons (Fsp3) is 0.200. The third-order valence-corrected chi connectivity index (χ3v) is 4.41. The molecule has 0 aliphatic carbocycles. The van der Waals surface area contributed by atoms with E-state index in [0.717, 1.165) is 32.0 Å². The van der Waals surface area contributed by atoms with Crippen LogP contribution in [0.25, 0.3) is 10.2 Å². The molecule has 21 heavy (non-hydrogen) atoms. The maximum atomic E-state index is 6.05. The van der Waals surface area contributed by atoms with E-state index in [2.05, 4.69) is 9.97 Å². The van der Waals surface area contributed by atoms with Gasteiger partial charge < -0.3 is 4.74 Å². The number of nitrogens with zero attached hydrogens (tertiary/aromatic N) is 2. The van der Waals surface area contributed by atoms with Gasteiger partial charge in [-0.05, 0) is 61.7 Å². The van der Waals surface area contributed by atoms with E-state index >= 15 is 0 Å². The quantitative estimate of drug-likeness (QED) is 0.561. The SMILES string of the molecule is Cc1cc2c(Oc3c(C)cc(Cl)cc3C)nc(Cl)nc2s1. The summed E-state index contributed by atoms with van der Waals surface area (Å²) >= 11 is 13.6. The molecule has 6 heteroatoms. The molecule has 0 fully saturated rings. The number of rotatable bonds is 2. The van der Waals surface area contributed by atoms with Crippen LogP contribution in [0.3, 0.4) is 0 Å². The minimum atomic E-state index is 0.184. The van der Waals surface area contributed by atoms with E-state index in [-0.39, 0.29) is 5.28 Å². The van der Waals surface area contributed by atoms with Gasteiger partial charge in [0.1, 0.15) is 10.6 Å². The van der Waals surface area contributed by atoms with Gasteiger partial charge in [-0.1, -0.05) is 11.6 Å². The second-order valence-corrected chi connectivity index (χ2v) is 6.85. The summed E-state index contributed by atoms with van der Waals surface area (Å²) in [6, 6.07) is 5.73. The van der Waals surface area contributed by atoms with Crippen molar-refractivity contribution < 1.29 is 4.74 Å². The molecule has 2 heterocycles. The van der Waals surface area contributed by atoms with E-state index < -0.39 is 0 Å². The van der Waals surface area contributed by atoms with E-state index in [4.69, 9.17) is 27.9 Å². The molecule has 1 aromatic carbocycles. The number of hydrogen-bond donors (Lipinski definition) is 0. The molecular weight excluding hydrogens is 327 g/mol. The maximum absolute atomic E-state index is 6.05. The van der Waals surface area contributed by atoms with Crippen molar-refractivity contribution in [3.05, 3.63) is 44.5 Å². The lowest BCUT2D eigenvalue weighted by molar-refractivity contribution is 0.461. The number of hydrogen-bond acceptors (Lipinski definition) is 4. The molecule has 0 radical (unpaired) electrons. The minimum Gasteiger partial charge on any atom is -0.438 e. The Morgan fingerprint density at radius 3 is 2.33 bits per heavy atom. The first-order valence-corrected chi connectivity index (χ1v) is 7.89. The smallest absolute Gasteiger partial charge is 0.232 e. The van der Waals surface area contributed by atoms with Crippen molar-refractivity contribution in [2.24, 2.45) is 0 Å². The van der Waals surface area contributed by atoms with Crippen LogP contribution in [0, 0.1) is 20.8 Å². The van der Waals surface area contributed by atoms with E-state index in [1.54, 1.807) is 11.3 Å². The molecule has 0 unspecified atom stereocenters. The fourth-order valence-corrected chi connectivity index (χ4v) is 3.63. The molecular formula is C15H12Cl2N2OS. The van der Waals surface area contributed by atoms with E-state index in [1.165, 1.54) is 0 Å². The molecule has 3 nitrogen and oxygen atoms in total. The number of aromatic nitrogens is 2. The first kappa shape index (κ1) is 14.6. The number of ether oxygens (including phenoxy) is 1. The van der Waals surface area contributed by atoms with Crippen molar-refractivity contribution in [3.63, 3.8) is 0 Å². The van der Waals surface area contributed by atoms with Crippen molar-refractivity contribution in [2.45, 2.75) is 20.8 Å². The summed E-state index contributed by atoms with van der Waals surface area (Å²) < 4.78 is 6.01. The van der Waals surface area contributed by atoms with Crippen LogP contribution in [0.5, 0.6) is 11.6 Å². The average molecular weight is 339 g/mol. The van der Waals surface area contributed by atoms with Crippen LogP contribution in [0.4, 0.5) is 0 Å². The highest BCUT2D eigenvalue weighted by atomic mass is 35.5. The number of benzene rings is 1. The Hall–Kier alpha value is -1.36. The van der Waals surface area contributed by atoms with Gasteiger partial charge >= 0.3 is 0 Å². The third-order valence-electron chi connectivity index (χ3n) is 3.08. The van der Waals surface area contributed by atoms with Crippen LogP contribution >= 0.6 is 34.5 Å². The second-order valence-electron chi connectivity index (χ2n) is 4.84. The topological polar surface area (TPSA) is 35.0 Å². The monoisotopic (exact) mass is 338 g/mol. The zero-order valence-corrected chi connectivity index (χ0v) is 14.0. The van der Waals surface area contributed by atoms with Crippen molar-refractivity contribution in [1.29, 1.82) is 0 Å². The lowest BCUT2D eigenvalue weighted by Crippen LogP contribution is -1.95. The van der Waals surface area contributed by atoms with Crippen LogP contribution < -0.4 is 4.74 Å². The van der Waals surface area contributed by atoms with Crippen LogP contribution in [0.15, 0.2) is 18.2 Å². The average Bonchev–Trinajstić information content (AvgIpc) is 2.73. The molecule has 0 atom stereocenters. The fourth-order valence-electron chi connectivity index (χ4n) is 2.22. The molecule has 0 saturated heterocycles. The summed E-state index contributed by atoms with van der Waals surface area (Å²) in [4.78, 5) is 10.4. The maximum Gasteiger partial charge on any atom is 0.232 e. The summed E-state index contributed by atoms with van der Waals surface area (Å²) in [5.41, 5.74) is 1.91. The summed E-state index contributed by atoms with van der Waals surface area (Å²) in [6.07, 6.45) is 0. The molecule has 2 aromatic heterocycles. The van der Waals surface area contributed by atoms with E-state index in [1.807, 2.05) is 39.0 Å². The Morgan fingerprint density at radius 2 is 1.67 bits per heavy atom. The van der Waals surface area contributed by atoms with Crippen molar-refractivity contribution in [2.75, 3.05) is 0 Å². The van der Waals surface area contributed by atoms with Gasteiger partial charge in [-0.3, -0.25) is 0 Å². The van der Waals surface area contributed by atoms with Gasteiger partial charge in [-0.15, -0.1) is 11.3 Å². The molecule has 108 valence electrons. The standard InChI is InChI=1S/C15H12Cl2N2OS/c1-7-4-10(16)5-8(2)12(7)20-13-11-6-9(3)21-14(11)19-15(17)18-13/h4-6H,1-3H3. The molecule has 0 saturated carbocycles. The van der Waals surface area contributed by atoms with Crippen LogP contribution in [0.2, 0.25) is 10.3 Å². The Balaban J connectivity index is 2.14. The Morgan fingerprint density at radius 1 is 1.00 bits per heavy atom. The molecule has 0 spiro atoms. The van der Waals surface area contributed by atoms with Crippen LogP contribution in [0.1, 0.15) is 16.0 Å². The lowest BCUT2D eigenvalue weighted by atomic mass is 10.1. The Kier molecular flexibility index (Phi) is 3.78. The van der Waals surface area contributed by atoms with Crippen LogP contribution in [-0.2, 0) is 0 Å². The summed E-state index contributed by atoms with van der Waals surface area (Å²) in [7, 11) is 0. The molecule has 0 bridgehead atoms. The molecule has 0 amide bonds. The first-order valence-electron chi connectivity index (χ1n) is 6.32. The third kappa shape index (κ3) is 2.84. The summed E-state index contributed by atoms with van der Waals surface area (Å²) in [5, 5.41) is 1.74. The van der Waals surface area contributed by atoms with Gasteiger partial charge in [0.05, 0.1) is 5.39 Å². The van der Waals surface area contributed by atoms with Gasteiger partial charge in [-0.25, -0.2) is 4.98 Å². The highest BCUT2D eigenvalue weighted by molar-refractivity contribution is 7.18. The van der Waals surface area contributed by atoms with Crippen LogP contribution in [-0.4, -0.2) is 9.97 Å². The predicted octanol–water partition coefficient (Wildman–Crippen LogP) is 5.72.